The van der Waals surface area contributed by atoms with Gasteiger partial charge in [0.1, 0.15) is 0 Å². The Labute approximate surface area is 84.0 Å². The fourth-order valence-electron chi connectivity index (χ4n) is 1.01. The molecule has 0 aliphatic carbocycles. The zero-order valence-corrected chi connectivity index (χ0v) is 9.52. The highest BCUT2D eigenvalue weighted by atomic mass is 32.1. The summed E-state index contributed by atoms with van der Waals surface area (Å²) in [5.41, 5.74) is 1.20. The first kappa shape index (κ1) is 10.7. The van der Waals surface area contributed by atoms with Crippen LogP contribution in [-0.4, -0.2) is 18.2 Å². The highest BCUT2D eigenvalue weighted by Gasteiger charge is 2.08. The van der Waals surface area contributed by atoms with Gasteiger partial charge in [-0.3, -0.25) is 0 Å². The van der Waals surface area contributed by atoms with Gasteiger partial charge in [-0.05, 0) is 12.8 Å². The fourth-order valence-corrected chi connectivity index (χ4v) is 2.08. The number of methoxy groups -OCH3 is 1. The number of rotatable bonds is 4. The second-order valence-electron chi connectivity index (χ2n) is 3.57. The molecule has 3 heteroatoms. The highest BCUT2D eigenvalue weighted by molar-refractivity contribution is 7.09. The van der Waals surface area contributed by atoms with Crippen molar-refractivity contribution in [1.29, 1.82) is 0 Å². The Morgan fingerprint density at radius 3 is 2.62 bits per heavy atom. The normalized spacial score (nSPS) is 13.6. The zero-order valence-electron chi connectivity index (χ0n) is 8.70. The molecule has 0 saturated carbocycles. The Bertz CT molecular complexity index is 257. The summed E-state index contributed by atoms with van der Waals surface area (Å²) in [6.45, 7) is 6.40. The molecule has 1 heterocycles. The predicted molar refractivity (Wildman–Crippen MR) is 56.4 cm³/mol. The van der Waals surface area contributed by atoms with E-state index in [1.807, 2.05) is 0 Å². The Balaban J connectivity index is 2.58. The standard InChI is InChI=1S/C10H17NOS/c1-7(2)9-6-13-10(11-9)5-8(3)12-4/h6-8H,5H2,1-4H3. The quantitative estimate of drug-likeness (QED) is 0.744. The van der Waals surface area contributed by atoms with E-state index in [1.165, 1.54) is 10.7 Å². The summed E-state index contributed by atoms with van der Waals surface area (Å²) in [6, 6.07) is 0. The van der Waals surface area contributed by atoms with Crippen LogP contribution in [0, 0.1) is 0 Å². The molecular formula is C10H17NOS. The molecule has 0 radical (unpaired) electrons. The summed E-state index contributed by atoms with van der Waals surface area (Å²) in [5, 5.41) is 3.32. The lowest BCUT2D eigenvalue weighted by Crippen LogP contribution is -2.08. The number of hydrogen-bond acceptors (Lipinski definition) is 3. The Morgan fingerprint density at radius 1 is 1.46 bits per heavy atom. The van der Waals surface area contributed by atoms with Crippen molar-refractivity contribution >= 4 is 11.3 Å². The van der Waals surface area contributed by atoms with Gasteiger partial charge in [-0.15, -0.1) is 11.3 Å². The van der Waals surface area contributed by atoms with E-state index in [0.717, 1.165) is 6.42 Å². The van der Waals surface area contributed by atoms with Crippen LogP contribution in [0.15, 0.2) is 5.38 Å². The molecule has 0 bridgehead atoms. The van der Waals surface area contributed by atoms with Gasteiger partial charge in [-0.2, -0.15) is 0 Å². The number of ether oxygens (including phenoxy) is 1. The maximum absolute atomic E-state index is 5.19. The van der Waals surface area contributed by atoms with Gasteiger partial charge in [0, 0.05) is 18.9 Å². The average Bonchev–Trinajstić information content (AvgIpc) is 2.52. The van der Waals surface area contributed by atoms with Gasteiger partial charge < -0.3 is 4.74 Å². The Hall–Kier alpha value is -0.410. The zero-order chi connectivity index (χ0) is 9.84. The van der Waals surface area contributed by atoms with Gasteiger partial charge in [0.25, 0.3) is 0 Å². The topological polar surface area (TPSA) is 22.1 Å². The van der Waals surface area contributed by atoms with Crippen LogP contribution >= 0.6 is 11.3 Å². The van der Waals surface area contributed by atoms with E-state index in [2.05, 4.69) is 31.1 Å². The van der Waals surface area contributed by atoms with Crippen LogP contribution in [0.5, 0.6) is 0 Å². The van der Waals surface area contributed by atoms with Crippen molar-refractivity contribution in [3.8, 4) is 0 Å². The average molecular weight is 199 g/mol. The second kappa shape index (κ2) is 4.72. The molecule has 0 aromatic carbocycles. The van der Waals surface area contributed by atoms with E-state index in [4.69, 9.17) is 4.74 Å². The van der Waals surface area contributed by atoms with Crippen LogP contribution in [0.4, 0.5) is 0 Å². The number of hydrogen-bond donors (Lipinski definition) is 0. The molecule has 1 aromatic heterocycles. The molecule has 0 saturated heterocycles. The van der Waals surface area contributed by atoms with Crippen molar-refractivity contribution in [2.45, 2.75) is 39.2 Å². The molecule has 2 nitrogen and oxygen atoms in total. The third-order valence-electron chi connectivity index (χ3n) is 2.03. The minimum atomic E-state index is 0.270. The number of nitrogens with zero attached hydrogens (tertiary/aromatic N) is 1. The van der Waals surface area contributed by atoms with Crippen molar-refractivity contribution in [2.24, 2.45) is 0 Å². The van der Waals surface area contributed by atoms with Crippen molar-refractivity contribution in [2.75, 3.05) is 7.11 Å². The molecule has 74 valence electrons. The monoisotopic (exact) mass is 199 g/mol. The molecule has 13 heavy (non-hydrogen) atoms. The maximum Gasteiger partial charge on any atom is 0.0954 e. The van der Waals surface area contributed by atoms with E-state index in [-0.39, 0.29) is 6.10 Å². The second-order valence-corrected chi connectivity index (χ2v) is 4.51. The number of thiazole rings is 1. The van der Waals surface area contributed by atoms with Crippen molar-refractivity contribution in [1.82, 2.24) is 4.98 Å². The molecule has 1 rings (SSSR count). The molecular weight excluding hydrogens is 182 g/mol. The summed E-state index contributed by atoms with van der Waals surface area (Å²) in [4.78, 5) is 4.54. The fraction of sp³-hybridized carbons (Fsp3) is 0.700. The molecule has 0 aliphatic heterocycles. The van der Waals surface area contributed by atoms with Gasteiger partial charge in [0.15, 0.2) is 0 Å². The first-order chi connectivity index (χ1) is 6.13. The minimum absolute atomic E-state index is 0.270. The van der Waals surface area contributed by atoms with E-state index in [9.17, 15) is 0 Å². The van der Waals surface area contributed by atoms with E-state index < -0.39 is 0 Å². The summed E-state index contributed by atoms with van der Waals surface area (Å²) < 4.78 is 5.19. The lowest BCUT2D eigenvalue weighted by Gasteiger charge is -2.05. The molecule has 0 N–H and O–H groups in total. The van der Waals surface area contributed by atoms with Crippen LogP contribution in [0.3, 0.4) is 0 Å². The Kier molecular flexibility index (Phi) is 3.88. The molecule has 0 spiro atoms. The maximum atomic E-state index is 5.19. The number of aromatic nitrogens is 1. The largest absolute Gasteiger partial charge is 0.381 e. The molecule has 1 aromatic rings. The SMILES string of the molecule is COC(C)Cc1nc(C(C)C)cs1. The van der Waals surface area contributed by atoms with E-state index in [1.54, 1.807) is 18.4 Å². The van der Waals surface area contributed by atoms with Crippen LogP contribution < -0.4 is 0 Å². The van der Waals surface area contributed by atoms with Crippen molar-refractivity contribution in [3.05, 3.63) is 16.1 Å². The van der Waals surface area contributed by atoms with Gasteiger partial charge in [-0.25, -0.2) is 4.98 Å². The van der Waals surface area contributed by atoms with Gasteiger partial charge in [0.05, 0.1) is 16.8 Å². The smallest absolute Gasteiger partial charge is 0.0954 e. The van der Waals surface area contributed by atoms with Crippen molar-refractivity contribution in [3.63, 3.8) is 0 Å². The highest BCUT2D eigenvalue weighted by Crippen LogP contribution is 2.18. The molecule has 0 amide bonds. The van der Waals surface area contributed by atoms with Crippen LogP contribution in [0.1, 0.15) is 37.4 Å². The lowest BCUT2D eigenvalue weighted by atomic mass is 10.2. The van der Waals surface area contributed by atoms with Crippen LogP contribution in [-0.2, 0) is 11.2 Å². The summed E-state index contributed by atoms with van der Waals surface area (Å²) >= 11 is 1.73. The Morgan fingerprint density at radius 2 is 2.15 bits per heavy atom. The summed E-state index contributed by atoms with van der Waals surface area (Å²) in [6.07, 6.45) is 1.19. The third-order valence-corrected chi connectivity index (χ3v) is 2.91. The molecule has 0 fully saturated rings. The lowest BCUT2D eigenvalue weighted by molar-refractivity contribution is 0.118. The molecule has 0 aliphatic rings. The summed E-state index contributed by atoms with van der Waals surface area (Å²) in [7, 11) is 1.74. The molecule has 1 atom stereocenters. The summed E-state index contributed by atoms with van der Waals surface area (Å²) in [5.74, 6) is 0.530. The van der Waals surface area contributed by atoms with Crippen LogP contribution in [0.25, 0.3) is 0 Å². The van der Waals surface area contributed by atoms with E-state index in [0.29, 0.717) is 5.92 Å². The van der Waals surface area contributed by atoms with Crippen LogP contribution in [0.2, 0.25) is 0 Å². The van der Waals surface area contributed by atoms with Gasteiger partial charge in [0.2, 0.25) is 0 Å². The predicted octanol–water partition coefficient (Wildman–Crippen LogP) is 2.84. The van der Waals surface area contributed by atoms with E-state index >= 15 is 0 Å². The third kappa shape index (κ3) is 3.08. The van der Waals surface area contributed by atoms with Crippen molar-refractivity contribution < 1.29 is 4.74 Å². The first-order valence-corrected chi connectivity index (χ1v) is 5.48. The van der Waals surface area contributed by atoms with Gasteiger partial charge >= 0.3 is 0 Å². The molecule has 1 unspecified atom stereocenters. The van der Waals surface area contributed by atoms with Gasteiger partial charge in [-0.1, -0.05) is 13.8 Å². The minimum Gasteiger partial charge on any atom is -0.381 e. The first-order valence-electron chi connectivity index (χ1n) is 4.60.